The van der Waals surface area contributed by atoms with Crippen LogP contribution in [0.3, 0.4) is 0 Å². The second-order valence-electron chi connectivity index (χ2n) is 5.46. The fourth-order valence-corrected chi connectivity index (χ4v) is 3.76. The molecule has 0 bridgehead atoms. The molecule has 0 aromatic heterocycles. The average Bonchev–Trinajstić information content (AvgIpc) is 2.64. The number of hydrogen-bond donors (Lipinski definition) is 0. The normalized spacial score (nSPS) is 11.9. The Morgan fingerprint density at radius 2 is 1.42 bits per heavy atom. The number of rotatable bonds is 6. The topological polar surface area (TPSA) is 17.1 Å². The van der Waals surface area contributed by atoms with Crippen molar-refractivity contribution in [1.29, 1.82) is 0 Å². The van der Waals surface area contributed by atoms with E-state index in [0.717, 1.165) is 21.0 Å². The summed E-state index contributed by atoms with van der Waals surface area (Å²) in [5.74, 6) is 0.158. The molecule has 3 heteroatoms. The van der Waals surface area contributed by atoms with Crippen molar-refractivity contribution in [3.8, 4) is 0 Å². The van der Waals surface area contributed by atoms with Gasteiger partial charge in [0.2, 0.25) is 0 Å². The minimum Gasteiger partial charge on any atom is -0.294 e. The van der Waals surface area contributed by atoms with Gasteiger partial charge in [0.15, 0.2) is 5.78 Å². The molecule has 0 saturated heterocycles. The summed E-state index contributed by atoms with van der Waals surface area (Å²) in [5, 5.41) is 0.788. The maximum absolute atomic E-state index is 12.6. The van der Waals surface area contributed by atoms with E-state index in [2.05, 4.69) is 12.1 Å². The SMILES string of the molecule is O=C(C[C@@H](Sc1ccc(Cl)cc1)c1ccccc1)c1ccccc1. The van der Waals surface area contributed by atoms with Crippen LogP contribution in [0.5, 0.6) is 0 Å². The zero-order valence-electron chi connectivity index (χ0n) is 13.1. The van der Waals surface area contributed by atoms with E-state index in [1.54, 1.807) is 11.8 Å². The lowest BCUT2D eigenvalue weighted by Crippen LogP contribution is -2.05. The fraction of sp³-hybridized carbons (Fsp3) is 0.0952. The Hall–Kier alpha value is -2.03. The van der Waals surface area contributed by atoms with Gasteiger partial charge in [0, 0.05) is 27.2 Å². The smallest absolute Gasteiger partial charge is 0.164 e. The molecule has 120 valence electrons. The van der Waals surface area contributed by atoms with Crippen LogP contribution in [0.25, 0.3) is 0 Å². The zero-order chi connectivity index (χ0) is 16.8. The Morgan fingerprint density at radius 3 is 2.04 bits per heavy atom. The van der Waals surface area contributed by atoms with Gasteiger partial charge in [0.25, 0.3) is 0 Å². The second-order valence-corrected chi connectivity index (χ2v) is 7.18. The van der Waals surface area contributed by atoms with E-state index in [9.17, 15) is 4.79 Å². The van der Waals surface area contributed by atoms with Crippen LogP contribution in [0.15, 0.2) is 89.8 Å². The van der Waals surface area contributed by atoms with Crippen molar-refractivity contribution in [2.45, 2.75) is 16.6 Å². The summed E-state index contributed by atoms with van der Waals surface area (Å²) in [4.78, 5) is 13.7. The van der Waals surface area contributed by atoms with Gasteiger partial charge in [-0.2, -0.15) is 0 Å². The number of thioether (sulfide) groups is 1. The lowest BCUT2D eigenvalue weighted by Gasteiger charge is -2.17. The molecule has 0 saturated carbocycles. The summed E-state index contributed by atoms with van der Waals surface area (Å²) in [6.45, 7) is 0. The Balaban J connectivity index is 1.82. The highest BCUT2D eigenvalue weighted by Crippen LogP contribution is 2.38. The molecule has 0 spiro atoms. The predicted molar refractivity (Wildman–Crippen MR) is 102 cm³/mol. The predicted octanol–water partition coefficient (Wildman–Crippen LogP) is 6.45. The van der Waals surface area contributed by atoms with Gasteiger partial charge in [-0.05, 0) is 29.8 Å². The van der Waals surface area contributed by atoms with Crippen LogP contribution < -0.4 is 0 Å². The van der Waals surface area contributed by atoms with E-state index in [4.69, 9.17) is 11.6 Å². The fourth-order valence-electron chi connectivity index (χ4n) is 2.48. The van der Waals surface area contributed by atoms with Crippen LogP contribution in [0.1, 0.15) is 27.6 Å². The highest BCUT2D eigenvalue weighted by Gasteiger charge is 2.18. The van der Waals surface area contributed by atoms with Gasteiger partial charge < -0.3 is 0 Å². The van der Waals surface area contributed by atoms with Crippen molar-refractivity contribution >= 4 is 29.1 Å². The molecule has 3 rings (SSSR count). The number of hydrogen-bond acceptors (Lipinski definition) is 2. The lowest BCUT2D eigenvalue weighted by molar-refractivity contribution is 0.0982. The van der Waals surface area contributed by atoms with E-state index in [-0.39, 0.29) is 11.0 Å². The van der Waals surface area contributed by atoms with Crippen LogP contribution in [0.4, 0.5) is 0 Å². The molecule has 1 nitrogen and oxygen atoms in total. The first kappa shape index (κ1) is 16.8. The van der Waals surface area contributed by atoms with Crippen LogP contribution in [-0.4, -0.2) is 5.78 Å². The minimum atomic E-state index is 0.0695. The Kier molecular flexibility index (Phi) is 5.73. The molecule has 0 aliphatic heterocycles. The number of Topliss-reactive ketones (excluding diaryl/α,β-unsaturated/α-hetero) is 1. The average molecular weight is 353 g/mol. The van der Waals surface area contributed by atoms with E-state index >= 15 is 0 Å². The third-order valence-corrected chi connectivity index (χ3v) is 5.25. The van der Waals surface area contributed by atoms with E-state index in [1.807, 2.05) is 72.8 Å². The molecule has 24 heavy (non-hydrogen) atoms. The van der Waals surface area contributed by atoms with Crippen LogP contribution >= 0.6 is 23.4 Å². The van der Waals surface area contributed by atoms with Gasteiger partial charge in [-0.1, -0.05) is 72.3 Å². The Morgan fingerprint density at radius 1 is 0.833 bits per heavy atom. The van der Waals surface area contributed by atoms with Crippen LogP contribution in [-0.2, 0) is 0 Å². The van der Waals surface area contributed by atoms with Crippen molar-refractivity contribution in [1.82, 2.24) is 0 Å². The maximum atomic E-state index is 12.6. The monoisotopic (exact) mass is 352 g/mol. The van der Waals surface area contributed by atoms with E-state index < -0.39 is 0 Å². The van der Waals surface area contributed by atoms with Gasteiger partial charge in [0.1, 0.15) is 0 Å². The molecular formula is C21H17ClOS. The number of ketones is 1. The quantitative estimate of drug-likeness (QED) is 0.374. The molecule has 1 atom stereocenters. The highest BCUT2D eigenvalue weighted by molar-refractivity contribution is 7.99. The van der Waals surface area contributed by atoms with Crippen LogP contribution in [0, 0.1) is 0 Å². The summed E-state index contributed by atoms with van der Waals surface area (Å²) in [6.07, 6.45) is 0.460. The standard InChI is InChI=1S/C21H17ClOS/c22-18-11-13-19(14-12-18)24-21(17-9-5-2-6-10-17)15-20(23)16-7-3-1-4-8-16/h1-14,21H,15H2/t21-/m1/s1. The van der Waals surface area contributed by atoms with Gasteiger partial charge in [-0.3, -0.25) is 4.79 Å². The van der Waals surface area contributed by atoms with Crippen molar-refractivity contribution < 1.29 is 4.79 Å². The highest BCUT2D eigenvalue weighted by atomic mass is 35.5. The largest absolute Gasteiger partial charge is 0.294 e. The van der Waals surface area contributed by atoms with E-state index in [0.29, 0.717) is 6.42 Å². The van der Waals surface area contributed by atoms with Crippen LogP contribution in [0.2, 0.25) is 5.02 Å². The summed E-state index contributed by atoms with van der Waals surface area (Å²) >= 11 is 7.66. The molecule has 0 N–H and O–H groups in total. The van der Waals surface area contributed by atoms with Gasteiger partial charge in [0.05, 0.1) is 0 Å². The summed E-state index contributed by atoms with van der Waals surface area (Å²) in [7, 11) is 0. The van der Waals surface area contributed by atoms with Crippen molar-refractivity contribution in [3.63, 3.8) is 0 Å². The number of halogens is 1. The molecule has 3 aromatic rings. The summed E-state index contributed by atoms with van der Waals surface area (Å²) in [5.41, 5.74) is 1.91. The van der Waals surface area contributed by atoms with Crippen molar-refractivity contribution in [2.24, 2.45) is 0 Å². The number of carbonyl (C=O) groups is 1. The van der Waals surface area contributed by atoms with E-state index in [1.165, 1.54) is 0 Å². The first-order valence-corrected chi connectivity index (χ1v) is 9.03. The molecule has 0 aliphatic carbocycles. The molecule has 0 unspecified atom stereocenters. The molecule has 3 aromatic carbocycles. The first-order valence-electron chi connectivity index (χ1n) is 7.78. The Labute approximate surface area is 151 Å². The summed E-state index contributed by atoms with van der Waals surface area (Å²) in [6, 6.07) is 27.4. The van der Waals surface area contributed by atoms with Crippen molar-refractivity contribution in [2.75, 3.05) is 0 Å². The number of benzene rings is 3. The van der Waals surface area contributed by atoms with Crippen molar-refractivity contribution in [3.05, 3.63) is 101 Å². The van der Waals surface area contributed by atoms with Gasteiger partial charge in [-0.25, -0.2) is 0 Å². The summed E-state index contributed by atoms with van der Waals surface area (Å²) < 4.78 is 0. The molecular weight excluding hydrogens is 336 g/mol. The third kappa shape index (κ3) is 4.50. The molecule has 0 aliphatic rings. The van der Waals surface area contributed by atoms with Gasteiger partial charge in [-0.15, -0.1) is 11.8 Å². The minimum absolute atomic E-state index is 0.0695. The third-order valence-electron chi connectivity index (χ3n) is 3.73. The lowest BCUT2D eigenvalue weighted by atomic mass is 10.0. The number of carbonyl (C=O) groups excluding carboxylic acids is 1. The first-order chi connectivity index (χ1) is 11.7. The maximum Gasteiger partial charge on any atom is 0.164 e. The molecule has 0 heterocycles. The molecule has 0 amide bonds. The Bertz CT molecular complexity index is 785. The second kappa shape index (κ2) is 8.18. The zero-order valence-corrected chi connectivity index (χ0v) is 14.6. The molecule has 0 radical (unpaired) electrons. The molecule has 0 fully saturated rings. The van der Waals surface area contributed by atoms with Gasteiger partial charge >= 0.3 is 0 Å².